The molecule has 0 radical (unpaired) electrons. The first-order valence-electron chi connectivity index (χ1n) is 15.0. The zero-order chi connectivity index (χ0) is 33.0. The zero-order valence-corrected chi connectivity index (χ0v) is 27.5. The minimum Gasteiger partial charge on any atom is -0.444 e. The van der Waals surface area contributed by atoms with Gasteiger partial charge in [0.1, 0.15) is 17.2 Å². The van der Waals surface area contributed by atoms with E-state index in [2.05, 4.69) is 4.98 Å². The highest BCUT2D eigenvalue weighted by Crippen LogP contribution is 2.52. The van der Waals surface area contributed by atoms with Crippen LogP contribution >= 0.6 is 10.9 Å². The Bertz CT molecular complexity index is 1630. The van der Waals surface area contributed by atoms with Crippen LogP contribution in [0, 0.1) is 11.7 Å². The van der Waals surface area contributed by atoms with E-state index in [1.54, 1.807) is 37.8 Å². The van der Waals surface area contributed by atoms with E-state index in [1.807, 2.05) is 37.7 Å². The second-order valence-electron chi connectivity index (χ2n) is 13.4. The molecule has 13 heteroatoms. The van der Waals surface area contributed by atoms with Crippen molar-refractivity contribution >= 4 is 33.7 Å². The molecule has 1 amide bonds. The Hall–Kier alpha value is -3.32. The van der Waals surface area contributed by atoms with Gasteiger partial charge in [-0.25, -0.2) is 14.0 Å². The van der Waals surface area contributed by atoms with Gasteiger partial charge in [-0.2, -0.15) is 29.1 Å². The smallest absolute Gasteiger partial charge is 0.416 e. The quantitative estimate of drug-likeness (QED) is 0.276. The number of benzene rings is 2. The number of nitrogens with zero attached hydrogens (tertiary/aromatic N) is 5. The summed E-state index contributed by atoms with van der Waals surface area (Å²) in [6.45, 7) is 10.4. The summed E-state index contributed by atoms with van der Waals surface area (Å²) >= 11 is 0. The molecule has 0 spiro atoms. The van der Waals surface area contributed by atoms with Gasteiger partial charge >= 0.3 is 18.0 Å². The summed E-state index contributed by atoms with van der Waals surface area (Å²) in [5.41, 5.74) is -1.62. The molecule has 0 N–H and O–H groups in total. The third-order valence-electron chi connectivity index (χ3n) is 8.12. The topological polar surface area (TPSA) is 70.9 Å². The predicted octanol–water partition coefficient (Wildman–Crippen LogP) is 6.00. The van der Waals surface area contributed by atoms with Crippen LogP contribution in [-0.4, -0.2) is 82.6 Å². The number of carbonyl (C=O) groups excluding carboxylic acids is 1. The average Bonchev–Trinajstić information content (AvgIpc) is 3.06. The van der Waals surface area contributed by atoms with Crippen LogP contribution in [0.5, 0.6) is 0 Å². The molecule has 1 fully saturated rings. The molecule has 246 valence electrons. The maximum absolute atomic E-state index is 14.5. The molecular formula is C32H41F4N5O3S. The van der Waals surface area contributed by atoms with Crippen LogP contribution in [0.2, 0.25) is 0 Å². The number of thiol groups is 1. The van der Waals surface area contributed by atoms with Gasteiger partial charge in [-0.1, -0.05) is 0 Å². The molecule has 2 unspecified atom stereocenters. The normalized spacial score (nSPS) is 23.4. The van der Waals surface area contributed by atoms with Crippen LogP contribution < -0.4 is 10.6 Å². The zero-order valence-electron chi connectivity index (χ0n) is 26.7. The lowest BCUT2D eigenvalue weighted by Crippen LogP contribution is -2.59. The van der Waals surface area contributed by atoms with Gasteiger partial charge in [0.2, 0.25) is 0 Å². The largest absolute Gasteiger partial charge is 0.444 e. The van der Waals surface area contributed by atoms with Crippen molar-refractivity contribution in [3.8, 4) is 0 Å². The summed E-state index contributed by atoms with van der Waals surface area (Å²) in [6, 6.07) is 7.44. The Morgan fingerprint density at radius 3 is 2.22 bits per heavy atom. The molecule has 2 aliphatic rings. The monoisotopic (exact) mass is 651 g/mol. The first-order valence-corrected chi connectivity index (χ1v) is 16.6. The summed E-state index contributed by atoms with van der Waals surface area (Å²) in [7, 11) is 2.43. The number of alkyl halides is 3. The minimum absolute atomic E-state index is 0.0659. The third kappa shape index (κ3) is 6.94. The molecule has 45 heavy (non-hydrogen) atoms. The number of hydrogen-bond acceptors (Lipinski definition) is 6. The molecule has 4 atom stereocenters. The summed E-state index contributed by atoms with van der Waals surface area (Å²) in [5.74, 6) is 0.193. The van der Waals surface area contributed by atoms with Gasteiger partial charge in [-0.05, 0) is 102 Å². The fraction of sp³-hybridized carbons (Fsp3) is 0.531. The summed E-state index contributed by atoms with van der Waals surface area (Å²) in [5, 5.41) is 0.240. The SMILES string of the molecule is C[C@@H]1CN(c2nc(=O)n3c4c(cc(C(F)(F)F)cc24)[SH](c2ccc(F)cc2)CC(CN(C)C)C3)C[C@H](C)N1C(=O)OC(C)(C)C. The van der Waals surface area contributed by atoms with E-state index in [9.17, 15) is 27.2 Å². The maximum Gasteiger partial charge on any atom is 0.416 e. The van der Waals surface area contributed by atoms with Crippen LogP contribution in [0.25, 0.3) is 10.9 Å². The number of carbonyl (C=O) groups is 1. The number of hydrogen-bond donors (Lipinski definition) is 1. The van der Waals surface area contributed by atoms with E-state index in [-0.39, 0.29) is 42.3 Å². The molecule has 1 aromatic heterocycles. The molecule has 0 bridgehead atoms. The van der Waals surface area contributed by atoms with E-state index in [0.29, 0.717) is 29.3 Å². The standard InChI is InChI=1S/C32H41F4N5O3S/c1-19-14-39(15-20(2)41(19)30(43)44-31(3,4)5)28-25-12-22(32(34,35)36)13-26-27(25)40(29(42)37-28)17-21(16-38(6)7)18-45(26)24-10-8-23(33)9-11-24/h8-13,19-21,45H,14-18H2,1-7H3/t19-,20+,21?. The van der Waals surface area contributed by atoms with Crippen LogP contribution in [-0.2, 0) is 17.5 Å². The fourth-order valence-electron chi connectivity index (χ4n) is 6.50. The first-order chi connectivity index (χ1) is 20.9. The lowest BCUT2D eigenvalue weighted by molar-refractivity contribution is -0.137. The molecule has 0 saturated carbocycles. The van der Waals surface area contributed by atoms with Crippen LogP contribution in [0.1, 0.15) is 40.2 Å². The second kappa shape index (κ2) is 12.1. The second-order valence-corrected chi connectivity index (χ2v) is 15.6. The van der Waals surface area contributed by atoms with E-state index in [1.165, 1.54) is 22.8 Å². The van der Waals surface area contributed by atoms with E-state index in [4.69, 9.17) is 4.74 Å². The Kier molecular flexibility index (Phi) is 8.91. The Morgan fingerprint density at radius 1 is 1.04 bits per heavy atom. The van der Waals surface area contributed by atoms with Crippen molar-refractivity contribution in [2.24, 2.45) is 5.92 Å². The molecule has 3 aromatic rings. The number of halogens is 4. The number of ether oxygens (including phenoxy) is 1. The van der Waals surface area contributed by atoms with Gasteiger partial charge < -0.3 is 14.5 Å². The molecular weight excluding hydrogens is 610 g/mol. The minimum atomic E-state index is -4.65. The molecule has 3 heterocycles. The molecule has 8 nitrogen and oxygen atoms in total. The highest BCUT2D eigenvalue weighted by Gasteiger charge is 2.39. The summed E-state index contributed by atoms with van der Waals surface area (Å²) < 4.78 is 64.7. The van der Waals surface area contributed by atoms with Crippen molar-refractivity contribution in [2.75, 3.05) is 44.4 Å². The van der Waals surface area contributed by atoms with Crippen molar-refractivity contribution < 1.29 is 27.1 Å². The van der Waals surface area contributed by atoms with Crippen LogP contribution in [0.4, 0.5) is 28.2 Å². The highest BCUT2D eigenvalue weighted by molar-refractivity contribution is 8.17. The molecule has 0 aliphatic carbocycles. The predicted molar refractivity (Wildman–Crippen MR) is 169 cm³/mol. The highest BCUT2D eigenvalue weighted by atomic mass is 32.2. The summed E-state index contributed by atoms with van der Waals surface area (Å²) in [6.07, 6.45) is -5.13. The van der Waals surface area contributed by atoms with E-state index >= 15 is 0 Å². The van der Waals surface area contributed by atoms with Gasteiger partial charge in [0.05, 0.1) is 23.2 Å². The molecule has 2 aromatic carbocycles. The van der Waals surface area contributed by atoms with Crippen molar-refractivity contribution in [1.82, 2.24) is 19.4 Å². The van der Waals surface area contributed by atoms with Gasteiger partial charge in [-0.15, -0.1) is 0 Å². The molecule has 5 rings (SSSR count). The van der Waals surface area contributed by atoms with Crippen molar-refractivity contribution in [3.05, 3.63) is 58.3 Å². The van der Waals surface area contributed by atoms with E-state index in [0.717, 1.165) is 11.0 Å². The van der Waals surface area contributed by atoms with Gasteiger partial charge in [0, 0.05) is 36.5 Å². The van der Waals surface area contributed by atoms with Crippen molar-refractivity contribution in [1.29, 1.82) is 0 Å². The van der Waals surface area contributed by atoms with Gasteiger partial charge in [0.25, 0.3) is 0 Å². The number of aromatic nitrogens is 2. The number of rotatable bonds is 4. The van der Waals surface area contributed by atoms with Crippen LogP contribution in [0.15, 0.2) is 51.0 Å². The number of piperazine rings is 1. The van der Waals surface area contributed by atoms with Gasteiger partial charge in [0.15, 0.2) is 0 Å². The Labute approximate surface area is 263 Å². The third-order valence-corrected chi connectivity index (χ3v) is 10.8. The lowest BCUT2D eigenvalue weighted by Gasteiger charge is -2.45. The first kappa shape index (κ1) is 33.1. The Morgan fingerprint density at radius 2 is 1.67 bits per heavy atom. The Balaban J connectivity index is 1.70. The van der Waals surface area contributed by atoms with Crippen LogP contribution in [0.3, 0.4) is 0 Å². The number of amides is 1. The molecule has 1 saturated heterocycles. The lowest BCUT2D eigenvalue weighted by atomic mass is 10.1. The summed E-state index contributed by atoms with van der Waals surface area (Å²) in [4.78, 5) is 37.9. The maximum atomic E-state index is 14.5. The fourth-order valence-corrected chi connectivity index (χ4v) is 9.23. The van der Waals surface area contributed by atoms with Crippen molar-refractivity contribution in [2.45, 2.75) is 74.8 Å². The van der Waals surface area contributed by atoms with Gasteiger partial charge in [-0.3, -0.25) is 9.47 Å². The molecule has 2 aliphatic heterocycles. The number of anilines is 1. The van der Waals surface area contributed by atoms with E-state index < -0.39 is 45.8 Å². The average molecular weight is 652 g/mol. The van der Waals surface area contributed by atoms with Crippen molar-refractivity contribution in [3.63, 3.8) is 0 Å².